The summed E-state index contributed by atoms with van der Waals surface area (Å²) in [5, 5.41) is 2.40. The van der Waals surface area contributed by atoms with Gasteiger partial charge in [-0.2, -0.15) is 0 Å². The van der Waals surface area contributed by atoms with Crippen LogP contribution < -0.4 is 35.5 Å². The molecule has 0 spiro atoms. The van der Waals surface area contributed by atoms with Crippen molar-refractivity contribution in [2.24, 2.45) is 0 Å². The minimum absolute atomic E-state index is 0.0276. The molecule has 0 aliphatic carbocycles. The molecule has 13 rings (SSSR count). The molecule has 268 valence electrons. The second-order valence-electron chi connectivity index (χ2n) is 15.9. The fraction of sp³-hybridized carbons (Fsp3) is 0.0600. The summed E-state index contributed by atoms with van der Waals surface area (Å²) in [7, 11) is 0. The van der Waals surface area contributed by atoms with Crippen LogP contribution in [0.2, 0.25) is 0 Å². The minimum Gasteiger partial charge on any atom is -0.458 e. The lowest BCUT2D eigenvalue weighted by Gasteiger charge is -2.41. The van der Waals surface area contributed by atoms with Gasteiger partial charge in [0.15, 0.2) is 0 Å². The van der Waals surface area contributed by atoms with Gasteiger partial charge >= 0.3 is 0 Å². The third-order valence-corrected chi connectivity index (χ3v) is 12.5. The Morgan fingerprint density at radius 1 is 0.509 bits per heavy atom. The quantitative estimate of drug-likeness (QED) is 0.169. The molecule has 0 saturated carbocycles. The molecule has 0 unspecified atom stereocenters. The third-order valence-electron chi connectivity index (χ3n) is 12.5. The van der Waals surface area contributed by atoms with Gasteiger partial charge in [-0.3, -0.25) is 4.90 Å². The molecule has 4 aliphatic rings. The first-order valence-electron chi connectivity index (χ1n) is 19.5. The molecular weight excluding hydrogens is 701 g/mol. The molecule has 0 bridgehead atoms. The van der Waals surface area contributed by atoms with Crippen LogP contribution in [-0.4, -0.2) is 16.3 Å². The van der Waals surface area contributed by atoms with Crippen LogP contribution in [-0.2, 0) is 5.41 Å². The minimum atomic E-state index is -0.302. The standard InChI is InChI=1S/C50H32BN3O3/c1-50(2)34-23-24-37-44(33-16-6-7-18-36(33)53(37)31-13-4-3-5-14-31)48(34)54(49-35(50)17-11-25-52-49)32-15-8-12-29(26-32)30-27-42-47-43(28-30)57-41-22-10-20-39-46(41)51(47)45-38(55-39)19-9-21-40(45)56-42/h3-28H,1-2H3. The first-order chi connectivity index (χ1) is 28.0. The van der Waals surface area contributed by atoms with Crippen molar-refractivity contribution in [3.8, 4) is 51.3 Å². The number of benzene rings is 7. The number of hydrogen-bond donors (Lipinski definition) is 0. The highest BCUT2D eigenvalue weighted by Gasteiger charge is 2.46. The molecule has 57 heavy (non-hydrogen) atoms. The van der Waals surface area contributed by atoms with Gasteiger partial charge in [0, 0.05) is 55.7 Å². The zero-order chi connectivity index (χ0) is 37.6. The molecule has 2 aromatic heterocycles. The number of anilines is 3. The molecule has 7 heteroatoms. The Bertz CT molecular complexity index is 3150. The number of fused-ring (bicyclic) bond motifs is 6. The SMILES string of the molecule is CC1(C)c2cccnc2N(c2cccc(-c3cc4c5c(c3)Oc3cccc6c3B5c3c(cccc3O4)O6)c2)c2c1ccc1c2c2ccccc2n1-c1ccccc1. The van der Waals surface area contributed by atoms with E-state index in [0.717, 1.165) is 90.4 Å². The fourth-order valence-electron chi connectivity index (χ4n) is 10.0. The Balaban J connectivity index is 1.03. The van der Waals surface area contributed by atoms with Crippen molar-refractivity contribution in [1.29, 1.82) is 0 Å². The van der Waals surface area contributed by atoms with Crippen LogP contribution in [0.15, 0.2) is 158 Å². The number of nitrogens with zero attached hydrogens (tertiary/aromatic N) is 3. The number of ether oxygens (including phenoxy) is 3. The van der Waals surface area contributed by atoms with Crippen LogP contribution >= 0.6 is 0 Å². The van der Waals surface area contributed by atoms with Crippen molar-refractivity contribution < 1.29 is 14.2 Å². The van der Waals surface area contributed by atoms with Gasteiger partial charge in [0.1, 0.15) is 40.3 Å². The van der Waals surface area contributed by atoms with E-state index in [0.29, 0.717) is 0 Å². The van der Waals surface area contributed by atoms with Gasteiger partial charge in [0.05, 0.1) is 16.7 Å². The van der Waals surface area contributed by atoms with E-state index in [4.69, 9.17) is 19.2 Å². The number of para-hydroxylation sites is 2. The summed E-state index contributed by atoms with van der Waals surface area (Å²) in [5.41, 5.74) is 13.0. The maximum absolute atomic E-state index is 6.72. The zero-order valence-corrected chi connectivity index (χ0v) is 31.2. The summed E-state index contributed by atoms with van der Waals surface area (Å²) in [6, 6.07) is 53.6. The number of pyridine rings is 1. The second-order valence-corrected chi connectivity index (χ2v) is 15.9. The summed E-state index contributed by atoms with van der Waals surface area (Å²) in [5.74, 6) is 5.84. The van der Waals surface area contributed by atoms with Crippen LogP contribution in [0.3, 0.4) is 0 Å². The van der Waals surface area contributed by atoms with Crippen molar-refractivity contribution in [3.63, 3.8) is 0 Å². The lowest BCUT2D eigenvalue weighted by molar-refractivity contribution is 0.443. The van der Waals surface area contributed by atoms with Crippen LogP contribution in [0.1, 0.15) is 25.0 Å². The first-order valence-corrected chi connectivity index (χ1v) is 19.5. The van der Waals surface area contributed by atoms with E-state index >= 15 is 0 Å². The lowest BCUT2D eigenvalue weighted by Crippen LogP contribution is -2.59. The Hall–Kier alpha value is -7.25. The molecule has 4 aliphatic heterocycles. The lowest BCUT2D eigenvalue weighted by atomic mass is 9.34. The first kappa shape index (κ1) is 31.0. The molecular formula is C50H32BN3O3. The molecule has 0 fully saturated rings. The van der Waals surface area contributed by atoms with Crippen molar-refractivity contribution >= 4 is 62.1 Å². The summed E-state index contributed by atoms with van der Waals surface area (Å²) < 4.78 is 22.2. The van der Waals surface area contributed by atoms with E-state index in [1.807, 2.05) is 42.6 Å². The van der Waals surface area contributed by atoms with Crippen LogP contribution in [0.25, 0.3) is 38.6 Å². The number of rotatable bonds is 3. The summed E-state index contributed by atoms with van der Waals surface area (Å²) in [6.07, 6.45) is 1.91. The summed E-state index contributed by atoms with van der Waals surface area (Å²) in [4.78, 5) is 7.54. The zero-order valence-electron chi connectivity index (χ0n) is 31.2. The van der Waals surface area contributed by atoms with Gasteiger partial charge in [0.25, 0.3) is 6.71 Å². The predicted molar refractivity (Wildman–Crippen MR) is 229 cm³/mol. The van der Waals surface area contributed by atoms with Crippen molar-refractivity contribution in [2.45, 2.75) is 19.3 Å². The highest BCUT2D eigenvalue weighted by molar-refractivity contribution is 6.99. The monoisotopic (exact) mass is 733 g/mol. The average molecular weight is 734 g/mol. The van der Waals surface area contributed by atoms with Gasteiger partial charge in [-0.05, 0) is 95.6 Å². The highest BCUT2D eigenvalue weighted by Crippen LogP contribution is 2.55. The molecule has 0 saturated heterocycles. The molecule has 9 aromatic rings. The smallest absolute Gasteiger partial charge is 0.270 e. The normalized spacial score (nSPS) is 14.6. The van der Waals surface area contributed by atoms with E-state index in [9.17, 15) is 0 Å². The van der Waals surface area contributed by atoms with Gasteiger partial charge in [-0.25, -0.2) is 4.98 Å². The van der Waals surface area contributed by atoms with Gasteiger partial charge in [0.2, 0.25) is 0 Å². The molecule has 0 radical (unpaired) electrons. The van der Waals surface area contributed by atoms with E-state index in [1.165, 1.54) is 27.4 Å². The van der Waals surface area contributed by atoms with Crippen molar-refractivity contribution in [2.75, 3.05) is 4.90 Å². The van der Waals surface area contributed by atoms with Gasteiger partial charge < -0.3 is 18.8 Å². The second kappa shape index (κ2) is 11.0. The molecule has 6 nitrogen and oxygen atoms in total. The van der Waals surface area contributed by atoms with Crippen molar-refractivity contribution in [1.82, 2.24) is 9.55 Å². The Morgan fingerprint density at radius 3 is 1.88 bits per heavy atom. The van der Waals surface area contributed by atoms with Gasteiger partial charge in [-0.1, -0.05) is 86.6 Å². The fourth-order valence-corrected chi connectivity index (χ4v) is 10.0. The van der Waals surface area contributed by atoms with Crippen LogP contribution in [0.4, 0.5) is 17.2 Å². The topological polar surface area (TPSA) is 48.8 Å². The summed E-state index contributed by atoms with van der Waals surface area (Å²) in [6.45, 7) is 4.61. The summed E-state index contributed by atoms with van der Waals surface area (Å²) >= 11 is 0. The van der Waals surface area contributed by atoms with Crippen LogP contribution in [0.5, 0.6) is 34.5 Å². The number of aromatic nitrogens is 2. The predicted octanol–water partition coefficient (Wildman–Crippen LogP) is 10.8. The van der Waals surface area contributed by atoms with Crippen molar-refractivity contribution in [3.05, 3.63) is 169 Å². The average Bonchev–Trinajstić information content (AvgIpc) is 3.59. The van der Waals surface area contributed by atoms with Crippen LogP contribution in [0, 0.1) is 0 Å². The molecule has 6 heterocycles. The highest BCUT2D eigenvalue weighted by atomic mass is 16.5. The Labute approximate surface area is 329 Å². The Kier molecular flexibility index (Phi) is 5.96. The number of hydrogen-bond acceptors (Lipinski definition) is 5. The van der Waals surface area contributed by atoms with E-state index in [-0.39, 0.29) is 12.1 Å². The van der Waals surface area contributed by atoms with E-state index in [1.54, 1.807) is 0 Å². The maximum atomic E-state index is 6.72. The largest absolute Gasteiger partial charge is 0.458 e. The molecule has 0 N–H and O–H groups in total. The third kappa shape index (κ3) is 4.07. The molecule has 7 aromatic carbocycles. The maximum Gasteiger partial charge on any atom is 0.270 e. The van der Waals surface area contributed by atoms with Gasteiger partial charge in [-0.15, -0.1) is 0 Å². The van der Waals surface area contributed by atoms with E-state index < -0.39 is 0 Å². The van der Waals surface area contributed by atoms with E-state index in [2.05, 4.69) is 139 Å². The Morgan fingerprint density at radius 2 is 1.14 bits per heavy atom. The molecule has 0 amide bonds. The molecule has 0 atom stereocenters.